The highest BCUT2D eigenvalue weighted by atomic mass is 16.3. The van der Waals surface area contributed by atoms with Gasteiger partial charge in [0.15, 0.2) is 0 Å². The van der Waals surface area contributed by atoms with Crippen molar-refractivity contribution in [3.63, 3.8) is 0 Å². The number of carbonyl (C=O) groups excluding carboxylic acids is 1. The van der Waals surface area contributed by atoms with Gasteiger partial charge in [-0.05, 0) is 12.0 Å². The zero-order chi connectivity index (χ0) is 10.7. The Balaban J connectivity index is 1.86. The number of aliphatic hydroxyl groups is 1. The molecule has 1 unspecified atom stereocenters. The molecular formula is C12H15NO2. The van der Waals surface area contributed by atoms with Crippen LogP contribution in [0.3, 0.4) is 0 Å². The van der Waals surface area contributed by atoms with E-state index in [1.807, 2.05) is 18.2 Å². The molecule has 0 aromatic heterocycles. The molecule has 3 heteroatoms. The predicted molar refractivity (Wildman–Crippen MR) is 57.3 cm³/mol. The van der Waals surface area contributed by atoms with Gasteiger partial charge in [-0.1, -0.05) is 30.3 Å². The van der Waals surface area contributed by atoms with Crippen LogP contribution in [0.25, 0.3) is 0 Å². The fraction of sp³-hybridized carbons (Fsp3) is 0.417. The van der Waals surface area contributed by atoms with Crippen molar-refractivity contribution in [2.45, 2.75) is 18.9 Å². The second kappa shape index (κ2) is 4.45. The third-order valence-electron chi connectivity index (χ3n) is 2.71. The van der Waals surface area contributed by atoms with Crippen LogP contribution in [0.2, 0.25) is 0 Å². The molecule has 1 fully saturated rings. The van der Waals surface area contributed by atoms with Gasteiger partial charge in [0.05, 0.1) is 12.5 Å². The molecule has 15 heavy (non-hydrogen) atoms. The van der Waals surface area contributed by atoms with Gasteiger partial charge in [-0.3, -0.25) is 4.79 Å². The smallest absolute Gasteiger partial charge is 0.225 e. The molecule has 80 valence electrons. The average molecular weight is 205 g/mol. The Hall–Kier alpha value is -1.35. The minimum Gasteiger partial charge on any atom is -0.391 e. The highest BCUT2D eigenvalue weighted by Gasteiger charge is 2.27. The summed E-state index contributed by atoms with van der Waals surface area (Å²) in [7, 11) is 0. The van der Waals surface area contributed by atoms with Gasteiger partial charge in [0.1, 0.15) is 0 Å². The molecule has 0 spiro atoms. The Morgan fingerprint density at radius 1 is 1.33 bits per heavy atom. The van der Waals surface area contributed by atoms with Crippen LogP contribution >= 0.6 is 0 Å². The van der Waals surface area contributed by atoms with Crippen LogP contribution < -0.4 is 0 Å². The minimum atomic E-state index is -0.465. The van der Waals surface area contributed by atoms with Gasteiger partial charge < -0.3 is 10.0 Å². The standard InChI is InChI=1S/C12H15NO2/c14-11-8-12(15)13(9-11)7-6-10-4-2-1-3-5-10/h1-5,11,14H,6-9H2. The monoisotopic (exact) mass is 205 g/mol. The highest BCUT2D eigenvalue weighted by Crippen LogP contribution is 2.11. The first-order valence-electron chi connectivity index (χ1n) is 5.25. The van der Waals surface area contributed by atoms with Crippen LogP contribution in [-0.4, -0.2) is 35.1 Å². The minimum absolute atomic E-state index is 0.0680. The summed E-state index contributed by atoms with van der Waals surface area (Å²) in [6.45, 7) is 1.20. The molecular weight excluding hydrogens is 190 g/mol. The van der Waals surface area contributed by atoms with Gasteiger partial charge in [0, 0.05) is 13.1 Å². The van der Waals surface area contributed by atoms with E-state index in [0.29, 0.717) is 13.1 Å². The number of amides is 1. The summed E-state index contributed by atoms with van der Waals surface area (Å²) in [5.41, 5.74) is 1.23. The van der Waals surface area contributed by atoms with E-state index in [-0.39, 0.29) is 12.3 Å². The summed E-state index contributed by atoms with van der Waals surface area (Å²) in [6.07, 6.45) is 0.682. The second-order valence-corrected chi connectivity index (χ2v) is 3.93. The van der Waals surface area contributed by atoms with Crippen molar-refractivity contribution in [1.82, 2.24) is 4.90 Å². The van der Waals surface area contributed by atoms with Crippen LogP contribution in [0, 0.1) is 0 Å². The zero-order valence-corrected chi connectivity index (χ0v) is 8.60. The number of likely N-dealkylation sites (tertiary alicyclic amines) is 1. The third-order valence-corrected chi connectivity index (χ3v) is 2.71. The van der Waals surface area contributed by atoms with E-state index in [4.69, 9.17) is 0 Å². The van der Waals surface area contributed by atoms with E-state index in [2.05, 4.69) is 12.1 Å². The molecule has 0 aliphatic carbocycles. The van der Waals surface area contributed by atoms with Gasteiger partial charge in [-0.15, -0.1) is 0 Å². The van der Waals surface area contributed by atoms with Crippen LogP contribution in [0.4, 0.5) is 0 Å². The summed E-state index contributed by atoms with van der Waals surface area (Å²) in [5.74, 6) is 0.0680. The molecule has 1 N–H and O–H groups in total. The zero-order valence-electron chi connectivity index (χ0n) is 8.60. The first-order chi connectivity index (χ1) is 7.25. The molecule has 1 aromatic rings. The lowest BCUT2D eigenvalue weighted by atomic mass is 10.1. The van der Waals surface area contributed by atoms with Crippen LogP contribution in [0.5, 0.6) is 0 Å². The lowest BCUT2D eigenvalue weighted by molar-refractivity contribution is -0.127. The summed E-state index contributed by atoms with van der Waals surface area (Å²) in [5, 5.41) is 9.30. The molecule has 1 heterocycles. The fourth-order valence-electron chi connectivity index (χ4n) is 1.88. The summed E-state index contributed by atoms with van der Waals surface area (Å²) >= 11 is 0. The largest absolute Gasteiger partial charge is 0.391 e. The van der Waals surface area contributed by atoms with Crippen LogP contribution in [0.1, 0.15) is 12.0 Å². The summed E-state index contributed by atoms with van der Waals surface area (Å²) < 4.78 is 0. The van der Waals surface area contributed by atoms with Crippen molar-refractivity contribution in [3.05, 3.63) is 35.9 Å². The maximum absolute atomic E-state index is 11.4. The van der Waals surface area contributed by atoms with E-state index in [1.54, 1.807) is 4.90 Å². The Kier molecular flexibility index (Phi) is 3.02. The van der Waals surface area contributed by atoms with Gasteiger partial charge >= 0.3 is 0 Å². The molecule has 1 aliphatic heterocycles. The third kappa shape index (κ3) is 2.57. The normalized spacial score (nSPS) is 21.0. The molecule has 0 radical (unpaired) electrons. The number of aliphatic hydroxyl groups excluding tert-OH is 1. The molecule has 0 bridgehead atoms. The SMILES string of the molecule is O=C1CC(O)CN1CCc1ccccc1. The Bertz CT molecular complexity index is 337. The molecule has 1 aromatic carbocycles. The number of carbonyl (C=O) groups is 1. The molecule has 1 saturated heterocycles. The van der Waals surface area contributed by atoms with Crippen molar-refractivity contribution < 1.29 is 9.90 Å². The topological polar surface area (TPSA) is 40.5 Å². The van der Waals surface area contributed by atoms with E-state index in [1.165, 1.54) is 5.56 Å². The molecule has 3 nitrogen and oxygen atoms in total. The quantitative estimate of drug-likeness (QED) is 0.793. The van der Waals surface area contributed by atoms with Gasteiger partial charge in [0.2, 0.25) is 5.91 Å². The van der Waals surface area contributed by atoms with E-state index in [0.717, 1.165) is 6.42 Å². The Labute approximate surface area is 89.3 Å². The van der Waals surface area contributed by atoms with E-state index < -0.39 is 6.10 Å². The number of β-amino-alcohol motifs (C(OH)–C–C–N with tert-alkyl or cyclic N) is 1. The molecule has 0 saturated carbocycles. The summed E-state index contributed by atoms with van der Waals surface area (Å²) in [6, 6.07) is 10.1. The Morgan fingerprint density at radius 3 is 2.67 bits per heavy atom. The van der Waals surface area contributed by atoms with Crippen molar-refractivity contribution in [3.8, 4) is 0 Å². The van der Waals surface area contributed by atoms with Gasteiger partial charge in [-0.2, -0.15) is 0 Å². The van der Waals surface area contributed by atoms with Crippen molar-refractivity contribution in [2.75, 3.05) is 13.1 Å². The first kappa shape index (κ1) is 10.2. The van der Waals surface area contributed by atoms with Gasteiger partial charge in [-0.25, -0.2) is 0 Å². The molecule has 1 aliphatic rings. The number of hydrogen-bond donors (Lipinski definition) is 1. The van der Waals surface area contributed by atoms with E-state index in [9.17, 15) is 9.90 Å². The maximum Gasteiger partial charge on any atom is 0.225 e. The fourth-order valence-corrected chi connectivity index (χ4v) is 1.88. The average Bonchev–Trinajstić information content (AvgIpc) is 2.56. The Morgan fingerprint density at radius 2 is 2.07 bits per heavy atom. The molecule has 2 rings (SSSR count). The van der Waals surface area contributed by atoms with Crippen molar-refractivity contribution in [1.29, 1.82) is 0 Å². The van der Waals surface area contributed by atoms with Crippen molar-refractivity contribution >= 4 is 5.91 Å². The van der Waals surface area contributed by atoms with Crippen molar-refractivity contribution in [2.24, 2.45) is 0 Å². The number of hydrogen-bond acceptors (Lipinski definition) is 2. The van der Waals surface area contributed by atoms with Crippen LogP contribution in [-0.2, 0) is 11.2 Å². The predicted octanol–water partition coefficient (Wildman–Crippen LogP) is 0.822. The maximum atomic E-state index is 11.4. The number of rotatable bonds is 3. The van der Waals surface area contributed by atoms with Gasteiger partial charge in [0.25, 0.3) is 0 Å². The number of nitrogens with zero attached hydrogens (tertiary/aromatic N) is 1. The molecule has 1 amide bonds. The lowest BCUT2D eigenvalue weighted by Crippen LogP contribution is -2.28. The highest BCUT2D eigenvalue weighted by molar-refractivity contribution is 5.79. The molecule has 1 atom stereocenters. The summed E-state index contributed by atoms with van der Waals surface area (Å²) in [4.78, 5) is 13.1. The second-order valence-electron chi connectivity index (χ2n) is 3.93. The lowest BCUT2D eigenvalue weighted by Gasteiger charge is -2.15. The van der Waals surface area contributed by atoms with Crippen LogP contribution in [0.15, 0.2) is 30.3 Å². The van der Waals surface area contributed by atoms with E-state index >= 15 is 0 Å². The first-order valence-corrected chi connectivity index (χ1v) is 5.25. The number of benzene rings is 1.